The molecule has 1 amide bonds. The van der Waals surface area contributed by atoms with Gasteiger partial charge in [0.2, 0.25) is 11.7 Å². The number of rotatable bonds is 8. The van der Waals surface area contributed by atoms with Crippen molar-refractivity contribution in [3.8, 4) is 0 Å². The number of fused-ring (bicyclic) bond motifs is 5. The molecule has 0 aromatic carbocycles. The van der Waals surface area contributed by atoms with Crippen LogP contribution in [0.5, 0.6) is 0 Å². The third-order valence-corrected chi connectivity index (χ3v) is 10.4. The number of hydrogen-bond acceptors (Lipinski definition) is 7. The van der Waals surface area contributed by atoms with Gasteiger partial charge in [-0.1, -0.05) is 26.3 Å². The smallest absolute Gasteiger partial charge is 0.306 e. The van der Waals surface area contributed by atoms with Crippen LogP contribution in [0.15, 0.2) is 11.6 Å². The summed E-state index contributed by atoms with van der Waals surface area (Å²) >= 11 is 0. The molecule has 8 atom stereocenters. The molecule has 3 fully saturated rings. The Balaban J connectivity index is 1.41. The largest absolute Gasteiger partial charge is 0.458 e. The van der Waals surface area contributed by atoms with Crippen molar-refractivity contribution < 1.29 is 34.1 Å². The fourth-order valence-electron chi connectivity index (χ4n) is 8.15. The lowest BCUT2D eigenvalue weighted by atomic mass is 9.45. The van der Waals surface area contributed by atoms with Crippen LogP contribution in [0.2, 0.25) is 0 Å². The minimum atomic E-state index is -1.68. The van der Waals surface area contributed by atoms with Crippen molar-refractivity contribution in [2.75, 3.05) is 6.61 Å². The highest BCUT2D eigenvalue weighted by molar-refractivity contribution is 5.92. The van der Waals surface area contributed by atoms with Gasteiger partial charge in [0.25, 0.3) is 0 Å². The summed E-state index contributed by atoms with van der Waals surface area (Å²) in [6.45, 7) is 7.37. The number of allylic oxidation sites excluding steroid dienone is 1. The summed E-state index contributed by atoms with van der Waals surface area (Å²) < 4.78 is 5.19. The first kappa shape index (κ1) is 28.0. The summed E-state index contributed by atoms with van der Waals surface area (Å²) in [7, 11) is 0. The molecule has 0 saturated heterocycles. The Kier molecular flexibility index (Phi) is 7.75. The van der Waals surface area contributed by atoms with E-state index in [2.05, 4.69) is 12.2 Å². The van der Waals surface area contributed by atoms with Crippen molar-refractivity contribution in [3.63, 3.8) is 0 Å². The molecule has 0 bridgehead atoms. The summed E-state index contributed by atoms with van der Waals surface area (Å²) in [4.78, 5) is 49.5. The second kappa shape index (κ2) is 10.3. The molecule has 0 aromatic heterocycles. The number of amides is 1. The maximum absolute atomic E-state index is 13.3. The van der Waals surface area contributed by atoms with Gasteiger partial charge in [-0.2, -0.15) is 0 Å². The van der Waals surface area contributed by atoms with Crippen LogP contribution in [0, 0.1) is 28.6 Å². The van der Waals surface area contributed by atoms with Crippen LogP contribution < -0.4 is 5.32 Å². The van der Waals surface area contributed by atoms with Gasteiger partial charge in [0.1, 0.15) is 5.60 Å². The second-order valence-electron chi connectivity index (χ2n) is 12.4. The van der Waals surface area contributed by atoms with Crippen LogP contribution in [-0.4, -0.2) is 58.0 Å². The molecule has 4 rings (SSSR count). The Bertz CT molecular complexity index is 991. The summed E-state index contributed by atoms with van der Waals surface area (Å²) in [6, 6.07) is 0.0239. The molecule has 0 aliphatic heterocycles. The summed E-state index contributed by atoms with van der Waals surface area (Å²) in [5.41, 5.74) is -1.60. The number of carbonyl (C=O) groups is 4. The highest BCUT2D eigenvalue weighted by Crippen LogP contribution is 2.67. The molecule has 0 heterocycles. The standard InChI is InChI=1S/C29H43NO7/c1-5-17(2)30-24(34)8-9-25(35)37-16-23(33)29(36)13-11-21-20-7-6-18-14-19(31)10-12-27(18,3)26(20)22(32)15-28(21,29)4/h14,17,20-22,26,32,36H,5-13,15-16H2,1-4H3,(H,30,34)/t17-,20-,21+,22-,26+,27-,28-,29-/m0/s1. The van der Waals surface area contributed by atoms with Crippen LogP contribution >= 0.6 is 0 Å². The fraction of sp³-hybridized carbons (Fsp3) is 0.793. The lowest BCUT2D eigenvalue weighted by Crippen LogP contribution is -2.62. The predicted molar refractivity (Wildman–Crippen MR) is 136 cm³/mol. The van der Waals surface area contributed by atoms with Gasteiger partial charge < -0.3 is 20.3 Å². The van der Waals surface area contributed by atoms with E-state index in [1.807, 2.05) is 20.8 Å². The molecule has 8 nitrogen and oxygen atoms in total. The van der Waals surface area contributed by atoms with E-state index in [0.29, 0.717) is 19.3 Å². The minimum absolute atomic E-state index is 0.00414. The zero-order valence-electron chi connectivity index (χ0n) is 22.7. The SMILES string of the molecule is CC[C@H](C)NC(=O)CCC(=O)OCC(=O)[C@@]1(O)CC[C@@H]2[C@@H]3CCC4=CC(=O)CC[C@]4(C)[C@H]3[C@@H](O)C[C@@]21C. The van der Waals surface area contributed by atoms with E-state index < -0.39 is 35.5 Å². The van der Waals surface area contributed by atoms with E-state index in [1.165, 1.54) is 0 Å². The van der Waals surface area contributed by atoms with Crippen LogP contribution in [0.3, 0.4) is 0 Å². The van der Waals surface area contributed by atoms with Gasteiger partial charge in [0.05, 0.1) is 12.5 Å². The number of esters is 1. The van der Waals surface area contributed by atoms with Gasteiger partial charge in [-0.05, 0) is 81.1 Å². The monoisotopic (exact) mass is 517 g/mol. The van der Waals surface area contributed by atoms with E-state index in [-0.39, 0.29) is 60.2 Å². The third-order valence-electron chi connectivity index (χ3n) is 10.4. The Morgan fingerprint density at radius 3 is 2.59 bits per heavy atom. The number of ketones is 2. The van der Waals surface area contributed by atoms with Gasteiger partial charge >= 0.3 is 5.97 Å². The molecule has 37 heavy (non-hydrogen) atoms. The normalized spacial score (nSPS) is 39.5. The zero-order valence-corrected chi connectivity index (χ0v) is 22.7. The molecule has 0 unspecified atom stereocenters. The number of aliphatic hydroxyl groups excluding tert-OH is 1. The van der Waals surface area contributed by atoms with Crippen molar-refractivity contribution in [2.24, 2.45) is 28.6 Å². The molecular formula is C29H43NO7. The Morgan fingerprint density at radius 1 is 1.16 bits per heavy atom. The first-order valence-electron chi connectivity index (χ1n) is 14.0. The van der Waals surface area contributed by atoms with Crippen molar-refractivity contribution in [1.29, 1.82) is 0 Å². The van der Waals surface area contributed by atoms with E-state index in [4.69, 9.17) is 4.74 Å². The molecule has 0 radical (unpaired) electrons. The lowest BCUT2D eigenvalue weighted by molar-refractivity contribution is -0.184. The molecule has 3 saturated carbocycles. The molecule has 4 aliphatic rings. The summed E-state index contributed by atoms with van der Waals surface area (Å²) in [5.74, 6) is -1.06. The molecule has 206 valence electrons. The van der Waals surface area contributed by atoms with Gasteiger partial charge in [0.15, 0.2) is 12.4 Å². The first-order chi connectivity index (χ1) is 17.4. The minimum Gasteiger partial charge on any atom is -0.458 e. The molecule has 0 aromatic rings. The number of aliphatic hydroxyl groups is 2. The highest BCUT2D eigenvalue weighted by Gasteiger charge is 2.68. The molecule has 3 N–H and O–H groups in total. The Morgan fingerprint density at radius 2 is 1.89 bits per heavy atom. The van der Waals surface area contributed by atoms with E-state index in [0.717, 1.165) is 31.3 Å². The van der Waals surface area contributed by atoms with Crippen LogP contribution in [0.25, 0.3) is 0 Å². The van der Waals surface area contributed by atoms with Crippen molar-refractivity contribution in [1.82, 2.24) is 5.32 Å². The predicted octanol–water partition coefficient (Wildman–Crippen LogP) is 3.03. The molecule has 4 aliphatic carbocycles. The Labute approximate surface area is 219 Å². The summed E-state index contributed by atoms with van der Waals surface area (Å²) in [5, 5.41) is 26.0. The van der Waals surface area contributed by atoms with Gasteiger partial charge in [-0.3, -0.25) is 19.2 Å². The van der Waals surface area contributed by atoms with Gasteiger partial charge in [-0.25, -0.2) is 0 Å². The van der Waals surface area contributed by atoms with Gasteiger partial charge in [0, 0.05) is 24.3 Å². The van der Waals surface area contributed by atoms with Crippen LogP contribution in [0.4, 0.5) is 0 Å². The molecule has 8 heteroatoms. The average Bonchev–Trinajstić information content (AvgIpc) is 3.12. The van der Waals surface area contributed by atoms with Crippen LogP contribution in [-0.2, 0) is 23.9 Å². The van der Waals surface area contributed by atoms with E-state index >= 15 is 0 Å². The van der Waals surface area contributed by atoms with Crippen molar-refractivity contribution >= 4 is 23.4 Å². The second-order valence-corrected chi connectivity index (χ2v) is 12.4. The van der Waals surface area contributed by atoms with Gasteiger partial charge in [-0.15, -0.1) is 0 Å². The van der Waals surface area contributed by atoms with Crippen LogP contribution in [0.1, 0.15) is 91.9 Å². The zero-order chi connectivity index (χ0) is 27.2. The number of ether oxygens (including phenoxy) is 1. The highest BCUT2D eigenvalue weighted by atomic mass is 16.5. The quantitative estimate of drug-likeness (QED) is 0.422. The lowest BCUT2D eigenvalue weighted by Gasteiger charge is -2.60. The fourth-order valence-corrected chi connectivity index (χ4v) is 8.15. The number of nitrogens with one attached hydrogen (secondary N) is 1. The van der Waals surface area contributed by atoms with Crippen molar-refractivity contribution in [3.05, 3.63) is 11.6 Å². The number of Topliss-reactive ketones (excluding diaryl/α,β-unsaturated/α-hetero) is 1. The molecular weight excluding hydrogens is 474 g/mol. The molecule has 0 spiro atoms. The van der Waals surface area contributed by atoms with E-state index in [9.17, 15) is 29.4 Å². The van der Waals surface area contributed by atoms with Crippen molar-refractivity contribution in [2.45, 2.75) is 110 Å². The Hall–Kier alpha value is -2.06. The summed E-state index contributed by atoms with van der Waals surface area (Å²) in [6.07, 6.45) is 5.82. The topological polar surface area (TPSA) is 130 Å². The number of carbonyl (C=O) groups excluding carboxylic acids is 4. The van der Waals surface area contributed by atoms with E-state index in [1.54, 1.807) is 6.08 Å². The maximum atomic E-state index is 13.3. The number of hydrogen-bond donors (Lipinski definition) is 3. The maximum Gasteiger partial charge on any atom is 0.306 e. The third kappa shape index (κ3) is 4.80. The first-order valence-corrected chi connectivity index (χ1v) is 14.0. The average molecular weight is 518 g/mol.